The second-order valence-electron chi connectivity index (χ2n) is 4.53. The number of benzene rings is 1. The van der Waals surface area contributed by atoms with Crippen LogP contribution in [0.2, 0.25) is 0 Å². The molecule has 1 aliphatic carbocycles. The topological polar surface area (TPSA) is 47.6 Å². The van der Waals surface area contributed by atoms with Gasteiger partial charge in [0.25, 0.3) is 0 Å². The molecule has 0 bridgehead atoms. The monoisotopic (exact) mass is 303 g/mol. The molecule has 0 unspecified atom stereocenters. The zero-order valence-electron chi connectivity index (χ0n) is 10.9. The minimum Gasteiger partial charge on any atom is -0.493 e. The maximum Gasteiger partial charge on any atom is 0.230 e. The molecule has 0 heterocycles. The number of aryl methyl sites for hydroxylation is 1. The summed E-state index contributed by atoms with van der Waals surface area (Å²) in [5, 5.41) is 2.81. The van der Waals surface area contributed by atoms with E-state index in [2.05, 4.69) is 5.32 Å². The summed E-state index contributed by atoms with van der Waals surface area (Å²) in [5.41, 5.74) is 1.54. The van der Waals surface area contributed by atoms with Crippen LogP contribution in [0.5, 0.6) is 11.5 Å². The first-order valence-electron chi connectivity index (χ1n) is 5.80. The Morgan fingerprint density at radius 2 is 1.84 bits per heavy atom. The molecule has 0 spiro atoms. The van der Waals surface area contributed by atoms with Gasteiger partial charge in [0.2, 0.25) is 5.91 Å². The van der Waals surface area contributed by atoms with E-state index in [0.717, 1.165) is 5.56 Å². The second-order valence-corrected chi connectivity index (χ2v) is 6.07. The van der Waals surface area contributed by atoms with E-state index in [4.69, 9.17) is 32.7 Å². The van der Waals surface area contributed by atoms with E-state index < -0.39 is 4.33 Å². The van der Waals surface area contributed by atoms with Gasteiger partial charge >= 0.3 is 0 Å². The molecule has 1 aromatic rings. The molecule has 0 aromatic heterocycles. The lowest BCUT2D eigenvalue weighted by atomic mass is 10.1. The number of hydrogen-bond acceptors (Lipinski definition) is 3. The molecule has 1 aliphatic rings. The summed E-state index contributed by atoms with van der Waals surface area (Å²) in [7, 11) is 3.11. The zero-order valence-corrected chi connectivity index (χ0v) is 12.4. The van der Waals surface area contributed by atoms with Crippen molar-refractivity contribution in [3.63, 3.8) is 0 Å². The van der Waals surface area contributed by atoms with Gasteiger partial charge in [-0.05, 0) is 25.0 Å². The van der Waals surface area contributed by atoms with Crippen molar-refractivity contribution >= 4 is 34.8 Å². The van der Waals surface area contributed by atoms with Crippen LogP contribution in [-0.2, 0) is 4.79 Å². The van der Waals surface area contributed by atoms with Crippen LogP contribution >= 0.6 is 23.2 Å². The smallest absolute Gasteiger partial charge is 0.230 e. The van der Waals surface area contributed by atoms with Crippen molar-refractivity contribution in [2.45, 2.75) is 17.7 Å². The molecule has 0 aliphatic heterocycles. The van der Waals surface area contributed by atoms with E-state index in [1.54, 1.807) is 26.4 Å². The van der Waals surface area contributed by atoms with Gasteiger partial charge in [-0.15, -0.1) is 23.2 Å². The fourth-order valence-corrected chi connectivity index (χ4v) is 2.34. The van der Waals surface area contributed by atoms with Gasteiger partial charge in [0.1, 0.15) is 4.33 Å². The van der Waals surface area contributed by atoms with Gasteiger partial charge in [0, 0.05) is 11.8 Å². The highest BCUT2D eigenvalue weighted by atomic mass is 35.5. The van der Waals surface area contributed by atoms with Crippen molar-refractivity contribution in [1.29, 1.82) is 0 Å². The van der Waals surface area contributed by atoms with Crippen molar-refractivity contribution in [3.8, 4) is 11.5 Å². The van der Waals surface area contributed by atoms with Gasteiger partial charge in [-0.25, -0.2) is 0 Å². The Labute approximate surface area is 122 Å². The molecular weight excluding hydrogens is 289 g/mol. The predicted octanol–water partition coefficient (Wildman–Crippen LogP) is 3.14. The van der Waals surface area contributed by atoms with Crippen LogP contribution in [0.25, 0.3) is 0 Å². The van der Waals surface area contributed by atoms with Crippen LogP contribution in [0.3, 0.4) is 0 Å². The molecule has 2 rings (SSSR count). The number of alkyl halides is 2. The van der Waals surface area contributed by atoms with E-state index in [0.29, 0.717) is 23.6 Å². The number of anilines is 1. The van der Waals surface area contributed by atoms with Crippen molar-refractivity contribution in [2.24, 2.45) is 5.92 Å². The van der Waals surface area contributed by atoms with E-state index in [-0.39, 0.29) is 11.8 Å². The van der Waals surface area contributed by atoms with Gasteiger partial charge in [-0.3, -0.25) is 4.79 Å². The Hall–Kier alpha value is -1.13. The predicted molar refractivity (Wildman–Crippen MR) is 75.5 cm³/mol. The average molecular weight is 304 g/mol. The maximum absolute atomic E-state index is 11.9. The number of amides is 1. The minimum atomic E-state index is -0.922. The van der Waals surface area contributed by atoms with Gasteiger partial charge in [0.05, 0.1) is 20.1 Å². The molecule has 1 fully saturated rings. The third-order valence-corrected chi connectivity index (χ3v) is 3.97. The third-order valence-electron chi connectivity index (χ3n) is 3.13. The average Bonchev–Trinajstić information content (AvgIpc) is 3.00. The molecule has 1 saturated carbocycles. The molecule has 1 N–H and O–H groups in total. The lowest BCUT2D eigenvalue weighted by Crippen LogP contribution is -2.17. The fourth-order valence-electron chi connectivity index (χ4n) is 1.83. The highest BCUT2D eigenvalue weighted by molar-refractivity contribution is 6.52. The zero-order chi connectivity index (χ0) is 14.2. The first-order chi connectivity index (χ1) is 8.89. The molecule has 0 saturated heterocycles. The summed E-state index contributed by atoms with van der Waals surface area (Å²) in [6.45, 7) is 1.87. The lowest BCUT2D eigenvalue weighted by Gasteiger charge is -2.13. The molecular formula is C13H15Cl2NO3. The van der Waals surface area contributed by atoms with E-state index in [1.165, 1.54) is 0 Å². The SMILES string of the molecule is COc1cc(C)c(NC(=O)[C@H]2CC2(Cl)Cl)cc1OC. The Bertz CT molecular complexity index is 517. The summed E-state index contributed by atoms with van der Waals surface area (Å²) in [5.74, 6) is 0.638. The summed E-state index contributed by atoms with van der Waals surface area (Å²) >= 11 is 11.7. The van der Waals surface area contributed by atoms with Gasteiger partial charge in [-0.2, -0.15) is 0 Å². The fraction of sp³-hybridized carbons (Fsp3) is 0.462. The third kappa shape index (κ3) is 2.90. The Morgan fingerprint density at radius 3 is 2.32 bits per heavy atom. The van der Waals surface area contributed by atoms with Crippen molar-refractivity contribution < 1.29 is 14.3 Å². The maximum atomic E-state index is 11.9. The Kier molecular flexibility index (Phi) is 3.83. The second kappa shape index (κ2) is 5.10. The Morgan fingerprint density at radius 1 is 1.32 bits per heavy atom. The number of carbonyl (C=O) groups excluding carboxylic acids is 1. The quantitative estimate of drug-likeness (QED) is 0.869. The summed E-state index contributed by atoms with van der Waals surface area (Å²) in [6.07, 6.45) is 0.480. The molecule has 104 valence electrons. The highest BCUT2D eigenvalue weighted by Gasteiger charge is 2.56. The van der Waals surface area contributed by atoms with Crippen LogP contribution < -0.4 is 14.8 Å². The molecule has 1 atom stereocenters. The van der Waals surface area contributed by atoms with Crippen molar-refractivity contribution in [1.82, 2.24) is 0 Å². The molecule has 6 heteroatoms. The number of halogens is 2. The molecule has 4 nitrogen and oxygen atoms in total. The van der Waals surface area contributed by atoms with Crippen LogP contribution in [0.4, 0.5) is 5.69 Å². The van der Waals surface area contributed by atoms with Crippen LogP contribution in [-0.4, -0.2) is 24.5 Å². The first kappa shape index (κ1) is 14.3. The first-order valence-corrected chi connectivity index (χ1v) is 6.56. The number of hydrogen-bond donors (Lipinski definition) is 1. The van der Waals surface area contributed by atoms with Crippen LogP contribution in [0.15, 0.2) is 12.1 Å². The number of methoxy groups -OCH3 is 2. The summed E-state index contributed by atoms with van der Waals surface area (Å²) in [4.78, 5) is 11.9. The van der Waals surface area contributed by atoms with Crippen molar-refractivity contribution in [2.75, 3.05) is 19.5 Å². The minimum absolute atomic E-state index is 0.180. The van der Waals surface area contributed by atoms with Crippen molar-refractivity contribution in [3.05, 3.63) is 17.7 Å². The number of nitrogens with one attached hydrogen (secondary N) is 1. The molecule has 19 heavy (non-hydrogen) atoms. The standard InChI is InChI=1S/C13H15Cl2NO3/c1-7-4-10(18-2)11(19-3)5-9(7)16-12(17)8-6-13(8,14)15/h4-5,8H,6H2,1-3H3,(H,16,17)/t8-/m1/s1. The number of ether oxygens (including phenoxy) is 2. The summed E-state index contributed by atoms with van der Waals surface area (Å²) < 4.78 is 9.47. The summed E-state index contributed by atoms with van der Waals surface area (Å²) in [6, 6.07) is 3.52. The van der Waals surface area contributed by atoms with Gasteiger partial charge < -0.3 is 14.8 Å². The Balaban J connectivity index is 2.19. The van der Waals surface area contributed by atoms with Gasteiger partial charge in [-0.1, -0.05) is 0 Å². The highest BCUT2D eigenvalue weighted by Crippen LogP contribution is 2.53. The van der Waals surface area contributed by atoms with Crippen LogP contribution in [0.1, 0.15) is 12.0 Å². The molecule has 1 amide bonds. The normalized spacial score (nSPS) is 19.7. The van der Waals surface area contributed by atoms with E-state index in [1.807, 2.05) is 6.92 Å². The van der Waals surface area contributed by atoms with E-state index in [9.17, 15) is 4.79 Å². The lowest BCUT2D eigenvalue weighted by molar-refractivity contribution is -0.117. The number of carbonyl (C=O) groups is 1. The number of rotatable bonds is 4. The van der Waals surface area contributed by atoms with Crippen LogP contribution in [0, 0.1) is 12.8 Å². The molecule has 0 radical (unpaired) electrons. The van der Waals surface area contributed by atoms with Gasteiger partial charge in [0.15, 0.2) is 11.5 Å². The van der Waals surface area contributed by atoms with E-state index >= 15 is 0 Å². The largest absolute Gasteiger partial charge is 0.493 e. The molecule has 1 aromatic carbocycles.